The maximum atomic E-state index is 8.51. The third-order valence-electron chi connectivity index (χ3n) is 1.14. The molecule has 0 heterocycles. The van der Waals surface area contributed by atoms with Crippen molar-refractivity contribution in [1.29, 1.82) is 5.26 Å². The number of nitriles is 1. The molecule has 0 radical (unpaired) electrons. The molecule has 0 saturated heterocycles. The highest BCUT2D eigenvalue weighted by molar-refractivity contribution is 7.98. The number of nitrogens with zero attached hydrogens (tertiary/aromatic N) is 1. The molecule has 0 aliphatic rings. The molecule has 0 aromatic carbocycles. The van der Waals surface area contributed by atoms with Gasteiger partial charge in [-0.3, -0.25) is 0 Å². The van der Waals surface area contributed by atoms with Gasteiger partial charge in [-0.25, -0.2) is 0 Å². The fourth-order valence-corrected chi connectivity index (χ4v) is 1.05. The Labute approximate surface area is 71.4 Å². The number of hydrogen-bond acceptors (Lipinski definition) is 4. The lowest BCUT2D eigenvalue weighted by atomic mass is 10.3. The van der Waals surface area contributed by atoms with Gasteiger partial charge in [-0.05, 0) is 18.4 Å². The highest BCUT2D eigenvalue weighted by Gasteiger charge is 2.05. The third kappa shape index (κ3) is 6.17. The second kappa shape index (κ2) is 7.86. The Morgan fingerprint density at radius 2 is 2.45 bits per heavy atom. The molecule has 4 heteroatoms. The van der Waals surface area contributed by atoms with Crippen LogP contribution in [0.5, 0.6) is 0 Å². The van der Waals surface area contributed by atoms with Crippen LogP contribution in [-0.2, 0) is 4.74 Å². The summed E-state index contributed by atoms with van der Waals surface area (Å²) in [5.41, 5.74) is 0. The number of aliphatic hydroxyl groups is 1. The van der Waals surface area contributed by atoms with E-state index in [9.17, 15) is 0 Å². The van der Waals surface area contributed by atoms with Gasteiger partial charge in [0.1, 0.15) is 6.10 Å². The molecule has 1 atom stereocenters. The van der Waals surface area contributed by atoms with E-state index >= 15 is 0 Å². The summed E-state index contributed by atoms with van der Waals surface area (Å²) in [6, 6.07) is 2.02. The minimum atomic E-state index is -0.352. The molecule has 0 aromatic heterocycles. The molecule has 0 fully saturated rings. The van der Waals surface area contributed by atoms with Gasteiger partial charge in [-0.2, -0.15) is 17.0 Å². The molecule has 1 N–H and O–H groups in total. The maximum Gasteiger partial charge on any atom is 0.144 e. The molecule has 0 aliphatic carbocycles. The van der Waals surface area contributed by atoms with Gasteiger partial charge >= 0.3 is 0 Å². The Bertz CT molecular complexity index is 116. The highest BCUT2D eigenvalue weighted by atomic mass is 32.2. The van der Waals surface area contributed by atoms with Crippen molar-refractivity contribution in [2.24, 2.45) is 0 Å². The summed E-state index contributed by atoms with van der Waals surface area (Å²) in [4.78, 5) is 0. The Kier molecular flexibility index (Phi) is 7.69. The first-order valence-corrected chi connectivity index (χ1v) is 4.85. The molecule has 0 saturated carbocycles. The lowest BCUT2D eigenvalue weighted by molar-refractivity contribution is 0.0573. The molecule has 11 heavy (non-hydrogen) atoms. The first-order valence-electron chi connectivity index (χ1n) is 3.46. The average molecular weight is 175 g/mol. The van der Waals surface area contributed by atoms with Crippen molar-refractivity contribution in [3.63, 3.8) is 0 Å². The second-order valence-electron chi connectivity index (χ2n) is 1.99. The maximum absolute atomic E-state index is 8.51. The number of thioether (sulfide) groups is 1. The predicted molar refractivity (Wildman–Crippen MR) is 45.4 cm³/mol. The van der Waals surface area contributed by atoms with E-state index < -0.39 is 0 Å². The predicted octanol–water partition coefficient (Wildman–Crippen LogP) is 0.641. The van der Waals surface area contributed by atoms with Crippen LogP contribution in [0, 0.1) is 11.3 Å². The first kappa shape index (κ1) is 10.8. The van der Waals surface area contributed by atoms with Crippen LogP contribution >= 0.6 is 11.8 Å². The normalized spacial score (nSPS) is 12.5. The minimum Gasteiger partial charge on any atom is -0.394 e. The van der Waals surface area contributed by atoms with Gasteiger partial charge in [-0.1, -0.05) is 0 Å². The van der Waals surface area contributed by atoms with Crippen LogP contribution in [0.4, 0.5) is 0 Å². The molecule has 1 unspecified atom stereocenters. The van der Waals surface area contributed by atoms with Gasteiger partial charge < -0.3 is 9.84 Å². The smallest absolute Gasteiger partial charge is 0.144 e. The monoisotopic (exact) mass is 175 g/mol. The number of ether oxygens (including phenoxy) is 1. The van der Waals surface area contributed by atoms with Gasteiger partial charge in [0.2, 0.25) is 0 Å². The van der Waals surface area contributed by atoms with Crippen LogP contribution < -0.4 is 0 Å². The van der Waals surface area contributed by atoms with E-state index in [0.29, 0.717) is 0 Å². The molecule has 0 aromatic rings. The zero-order chi connectivity index (χ0) is 8.53. The quantitative estimate of drug-likeness (QED) is 0.643. The van der Waals surface area contributed by atoms with E-state index in [2.05, 4.69) is 0 Å². The van der Waals surface area contributed by atoms with Crippen molar-refractivity contribution in [2.45, 2.75) is 12.5 Å². The number of hydrogen-bond donors (Lipinski definition) is 1. The number of rotatable bonds is 6. The summed E-state index contributed by atoms with van der Waals surface area (Å²) < 4.78 is 5.02. The van der Waals surface area contributed by atoms with Crippen molar-refractivity contribution in [2.75, 3.05) is 25.2 Å². The fraction of sp³-hybridized carbons (Fsp3) is 0.857. The van der Waals surface area contributed by atoms with E-state index in [1.807, 2.05) is 12.3 Å². The second-order valence-corrected chi connectivity index (χ2v) is 2.98. The van der Waals surface area contributed by atoms with Gasteiger partial charge in [0.15, 0.2) is 0 Å². The summed E-state index contributed by atoms with van der Waals surface area (Å²) in [6.07, 6.45) is 2.37. The summed E-state index contributed by atoms with van der Waals surface area (Å²) in [5.74, 6) is 0.920. The van der Waals surface area contributed by atoms with Crippen LogP contribution in [0.25, 0.3) is 0 Å². The van der Waals surface area contributed by atoms with E-state index in [1.165, 1.54) is 0 Å². The average Bonchev–Trinajstić information content (AvgIpc) is 2.05. The number of aliphatic hydroxyl groups excluding tert-OH is 1. The molecular formula is C7H13NO2S. The van der Waals surface area contributed by atoms with E-state index in [1.54, 1.807) is 11.8 Å². The molecule has 0 bridgehead atoms. The third-order valence-corrected chi connectivity index (χ3v) is 1.78. The lowest BCUT2D eigenvalue weighted by Gasteiger charge is -2.07. The Hall–Kier alpha value is -0.240. The first-order chi connectivity index (χ1) is 5.35. The van der Waals surface area contributed by atoms with Gasteiger partial charge in [-0.15, -0.1) is 0 Å². The van der Waals surface area contributed by atoms with Gasteiger partial charge in [0, 0.05) is 0 Å². The van der Waals surface area contributed by atoms with E-state index in [-0.39, 0.29) is 19.3 Å². The van der Waals surface area contributed by atoms with E-state index in [0.717, 1.165) is 12.2 Å². The van der Waals surface area contributed by atoms with Gasteiger partial charge in [0.05, 0.1) is 19.3 Å². The van der Waals surface area contributed by atoms with Crippen LogP contribution in [-0.4, -0.2) is 36.4 Å². The molecular weight excluding hydrogens is 162 g/mol. The van der Waals surface area contributed by atoms with Crippen LogP contribution in [0.2, 0.25) is 0 Å². The Morgan fingerprint density at radius 3 is 2.91 bits per heavy atom. The topological polar surface area (TPSA) is 53.2 Å². The van der Waals surface area contributed by atoms with Crippen LogP contribution in [0.1, 0.15) is 6.42 Å². The largest absolute Gasteiger partial charge is 0.394 e. The summed E-state index contributed by atoms with van der Waals surface area (Å²) >= 11 is 1.69. The highest BCUT2D eigenvalue weighted by Crippen LogP contribution is 2.02. The molecule has 0 amide bonds. The van der Waals surface area contributed by atoms with Crippen molar-refractivity contribution < 1.29 is 9.84 Å². The fourth-order valence-electron chi connectivity index (χ4n) is 0.605. The van der Waals surface area contributed by atoms with Crippen molar-refractivity contribution in [3.05, 3.63) is 0 Å². The van der Waals surface area contributed by atoms with Crippen molar-refractivity contribution >= 4 is 11.8 Å². The van der Waals surface area contributed by atoms with Crippen molar-refractivity contribution in [1.82, 2.24) is 0 Å². The molecule has 0 rings (SSSR count). The zero-order valence-electron chi connectivity index (χ0n) is 6.62. The summed E-state index contributed by atoms with van der Waals surface area (Å²) in [5, 5.41) is 16.9. The lowest BCUT2D eigenvalue weighted by Crippen LogP contribution is -2.13. The Balaban J connectivity index is 3.35. The standard InChI is InChI=1S/C7H13NO2S/c1-11-5-2-7(6-8)10-4-3-9/h7,9H,2-5H2,1H3. The molecule has 64 valence electrons. The summed E-state index contributed by atoms with van der Waals surface area (Å²) in [7, 11) is 0. The SMILES string of the molecule is CSCCC(C#N)OCCO. The molecule has 3 nitrogen and oxygen atoms in total. The van der Waals surface area contributed by atoms with Crippen LogP contribution in [0.3, 0.4) is 0 Å². The molecule has 0 aliphatic heterocycles. The molecule has 0 spiro atoms. The zero-order valence-corrected chi connectivity index (χ0v) is 7.43. The van der Waals surface area contributed by atoms with Crippen LogP contribution in [0.15, 0.2) is 0 Å². The summed E-state index contributed by atoms with van der Waals surface area (Å²) in [6.45, 7) is 0.240. The minimum absolute atomic E-state index is 0.0164. The van der Waals surface area contributed by atoms with E-state index in [4.69, 9.17) is 15.1 Å². The van der Waals surface area contributed by atoms with Crippen molar-refractivity contribution in [3.8, 4) is 6.07 Å². The van der Waals surface area contributed by atoms with Gasteiger partial charge in [0.25, 0.3) is 0 Å². The Morgan fingerprint density at radius 1 is 1.73 bits per heavy atom.